The van der Waals surface area contributed by atoms with Gasteiger partial charge in [0.25, 0.3) is 5.91 Å². The standard InChI is InChI=1S/C44H49BN4O6/c1-2-38(31-9-5-3-6-10-31)42(32-11-15-35(16-12-32)45(53)54)33-13-18-37(19-14-33)55-28-8-4-7-23-47-24-26-48(27-25-47)36-17-20-39-34(29-36)30-49(44(39)52)40-21-22-41(50)46-43(40)51/h3,5-6,9-20,29,40,53-54H,2,4,7-8,21-28,30H2,1H3,(H,46,50,51)/b42-38-. The summed E-state index contributed by atoms with van der Waals surface area (Å²) in [5.74, 6) is 0.0447. The highest BCUT2D eigenvalue weighted by molar-refractivity contribution is 6.58. The number of nitrogens with zero attached hydrogens (tertiary/aromatic N) is 3. The first kappa shape index (κ1) is 38.1. The van der Waals surface area contributed by atoms with Gasteiger partial charge in [-0.25, -0.2) is 0 Å². The summed E-state index contributed by atoms with van der Waals surface area (Å²) in [6, 6.07) is 31.5. The van der Waals surface area contributed by atoms with E-state index in [-0.39, 0.29) is 24.1 Å². The van der Waals surface area contributed by atoms with Crippen molar-refractivity contribution in [3.05, 3.63) is 125 Å². The number of ether oxygens (including phenoxy) is 1. The number of hydrogen-bond donors (Lipinski definition) is 3. The number of imide groups is 1. The molecule has 284 valence electrons. The fourth-order valence-electron chi connectivity index (χ4n) is 8.01. The van der Waals surface area contributed by atoms with E-state index in [2.05, 4.69) is 64.5 Å². The van der Waals surface area contributed by atoms with E-state index in [1.807, 2.05) is 42.5 Å². The van der Waals surface area contributed by atoms with E-state index < -0.39 is 13.2 Å². The third kappa shape index (κ3) is 8.86. The van der Waals surface area contributed by atoms with E-state index in [9.17, 15) is 24.4 Å². The van der Waals surface area contributed by atoms with Crippen LogP contribution in [-0.4, -0.2) is 90.1 Å². The maximum absolute atomic E-state index is 13.1. The van der Waals surface area contributed by atoms with Crippen LogP contribution in [0, 0.1) is 0 Å². The molecule has 2 fully saturated rings. The number of carbonyl (C=O) groups excluding carboxylic acids is 3. The molecule has 0 aliphatic carbocycles. The van der Waals surface area contributed by atoms with Gasteiger partial charge in [-0.05, 0) is 108 Å². The second-order valence-corrected chi connectivity index (χ2v) is 14.6. The quantitative estimate of drug-likeness (QED) is 0.0726. The largest absolute Gasteiger partial charge is 0.494 e. The summed E-state index contributed by atoms with van der Waals surface area (Å²) in [5.41, 5.74) is 8.73. The summed E-state index contributed by atoms with van der Waals surface area (Å²) in [4.78, 5) is 43.6. The molecular weight excluding hydrogens is 691 g/mol. The Morgan fingerprint density at radius 2 is 1.53 bits per heavy atom. The molecule has 4 aromatic rings. The van der Waals surface area contributed by atoms with Crippen LogP contribution in [0.3, 0.4) is 0 Å². The Kier molecular flexibility index (Phi) is 12.1. The molecule has 3 amide bonds. The highest BCUT2D eigenvalue weighted by Crippen LogP contribution is 2.35. The number of hydrogen-bond acceptors (Lipinski definition) is 8. The fraction of sp³-hybridized carbons (Fsp3) is 0.341. The summed E-state index contributed by atoms with van der Waals surface area (Å²) in [7, 11) is -1.50. The van der Waals surface area contributed by atoms with Crippen molar-refractivity contribution in [1.29, 1.82) is 0 Å². The molecule has 0 saturated carbocycles. The van der Waals surface area contributed by atoms with E-state index in [4.69, 9.17) is 4.74 Å². The molecule has 11 heteroatoms. The monoisotopic (exact) mass is 740 g/mol. The maximum atomic E-state index is 13.1. The zero-order valence-corrected chi connectivity index (χ0v) is 31.5. The van der Waals surface area contributed by atoms with E-state index >= 15 is 0 Å². The molecule has 3 aliphatic rings. The minimum absolute atomic E-state index is 0.138. The van der Waals surface area contributed by atoms with Crippen LogP contribution in [0.5, 0.6) is 5.75 Å². The molecule has 0 bridgehead atoms. The van der Waals surface area contributed by atoms with Crippen molar-refractivity contribution in [2.75, 3.05) is 44.2 Å². The first-order chi connectivity index (χ1) is 26.8. The third-order valence-corrected chi connectivity index (χ3v) is 11.1. The number of unbranched alkanes of at least 4 members (excludes halogenated alkanes) is 2. The zero-order chi connectivity index (χ0) is 38.3. The van der Waals surface area contributed by atoms with Gasteiger partial charge < -0.3 is 24.6 Å². The number of allylic oxidation sites excluding steroid dienone is 1. The highest BCUT2D eigenvalue weighted by atomic mass is 16.5. The number of fused-ring (bicyclic) bond motifs is 1. The van der Waals surface area contributed by atoms with E-state index in [1.54, 1.807) is 17.0 Å². The van der Waals surface area contributed by atoms with Gasteiger partial charge in [0.1, 0.15) is 11.8 Å². The van der Waals surface area contributed by atoms with Crippen LogP contribution < -0.4 is 20.4 Å². The molecule has 55 heavy (non-hydrogen) atoms. The number of nitrogens with one attached hydrogen (secondary N) is 1. The number of piperidine rings is 1. The van der Waals surface area contributed by atoms with Crippen molar-refractivity contribution in [3.8, 4) is 5.75 Å². The Morgan fingerprint density at radius 1 is 0.818 bits per heavy atom. The predicted octanol–water partition coefficient (Wildman–Crippen LogP) is 4.87. The number of piperazine rings is 1. The summed E-state index contributed by atoms with van der Waals surface area (Å²) in [5, 5.41) is 21.6. The molecule has 0 aromatic heterocycles. The Morgan fingerprint density at radius 3 is 2.20 bits per heavy atom. The van der Waals surface area contributed by atoms with Crippen molar-refractivity contribution >= 4 is 47.1 Å². The second-order valence-electron chi connectivity index (χ2n) is 14.6. The van der Waals surface area contributed by atoms with E-state index in [0.717, 1.165) is 97.7 Å². The summed E-state index contributed by atoms with van der Waals surface area (Å²) >= 11 is 0. The Hall–Kier alpha value is -5.23. The van der Waals surface area contributed by atoms with E-state index in [0.29, 0.717) is 30.6 Å². The maximum Gasteiger partial charge on any atom is 0.488 e. The lowest BCUT2D eigenvalue weighted by atomic mass is 9.79. The molecule has 4 aromatic carbocycles. The van der Waals surface area contributed by atoms with Gasteiger partial charge in [-0.15, -0.1) is 0 Å². The van der Waals surface area contributed by atoms with Crippen molar-refractivity contribution in [3.63, 3.8) is 0 Å². The average Bonchev–Trinajstić information content (AvgIpc) is 3.53. The lowest BCUT2D eigenvalue weighted by molar-refractivity contribution is -0.136. The van der Waals surface area contributed by atoms with Crippen LogP contribution in [0.2, 0.25) is 0 Å². The van der Waals surface area contributed by atoms with E-state index in [1.165, 1.54) is 5.57 Å². The summed E-state index contributed by atoms with van der Waals surface area (Å²) in [6.45, 7) is 8.07. The molecule has 3 N–H and O–H groups in total. The Labute approximate surface area is 323 Å². The van der Waals surface area contributed by atoms with Gasteiger partial charge in [0.2, 0.25) is 11.8 Å². The summed E-state index contributed by atoms with van der Waals surface area (Å²) < 4.78 is 6.15. The molecule has 0 spiro atoms. The lowest BCUT2D eigenvalue weighted by Crippen LogP contribution is -2.52. The molecule has 10 nitrogen and oxygen atoms in total. The van der Waals surface area contributed by atoms with Crippen LogP contribution in [0.25, 0.3) is 11.1 Å². The molecule has 0 radical (unpaired) electrons. The minimum Gasteiger partial charge on any atom is -0.494 e. The average molecular weight is 741 g/mol. The number of rotatable bonds is 14. The number of benzene rings is 4. The molecular formula is C44H49BN4O6. The second kappa shape index (κ2) is 17.5. The van der Waals surface area contributed by atoms with Gasteiger partial charge in [-0.2, -0.15) is 0 Å². The number of carbonyl (C=O) groups is 3. The molecule has 7 rings (SSSR count). The topological polar surface area (TPSA) is 123 Å². The van der Waals surface area contributed by atoms with Crippen molar-refractivity contribution in [2.24, 2.45) is 0 Å². The zero-order valence-electron chi connectivity index (χ0n) is 31.5. The van der Waals surface area contributed by atoms with Crippen molar-refractivity contribution in [2.45, 2.75) is 58.0 Å². The molecule has 1 atom stereocenters. The molecule has 2 saturated heterocycles. The smallest absolute Gasteiger partial charge is 0.488 e. The van der Waals surface area contributed by atoms with Crippen LogP contribution >= 0.6 is 0 Å². The Balaban J connectivity index is 0.861. The van der Waals surface area contributed by atoms with Gasteiger partial charge in [-0.3, -0.25) is 24.6 Å². The minimum atomic E-state index is -1.50. The van der Waals surface area contributed by atoms with Crippen molar-refractivity contribution < 1.29 is 29.2 Å². The number of amides is 3. The SMILES string of the molecule is CC/C(=C(/c1ccc(OCCCCCN2CCN(c3ccc4c(c3)CN(C3CCC(=O)NC3=O)C4=O)CC2)cc1)c1ccc(B(O)O)cc1)c1ccccc1. The van der Waals surface area contributed by atoms with Crippen LogP contribution in [-0.2, 0) is 16.1 Å². The van der Waals surface area contributed by atoms with Gasteiger partial charge >= 0.3 is 7.12 Å². The van der Waals surface area contributed by atoms with Crippen LogP contribution in [0.15, 0.2) is 97.1 Å². The van der Waals surface area contributed by atoms with Crippen LogP contribution in [0.1, 0.15) is 78.1 Å². The predicted molar refractivity (Wildman–Crippen MR) is 216 cm³/mol. The highest BCUT2D eigenvalue weighted by Gasteiger charge is 2.39. The Bertz CT molecular complexity index is 2010. The molecule has 3 heterocycles. The van der Waals surface area contributed by atoms with Gasteiger partial charge in [0, 0.05) is 50.4 Å². The van der Waals surface area contributed by atoms with Crippen molar-refractivity contribution in [1.82, 2.24) is 15.1 Å². The first-order valence-corrected chi connectivity index (χ1v) is 19.5. The third-order valence-electron chi connectivity index (χ3n) is 11.1. The number of anilines is 1. The molecule has 1 unspecified atom stereocenters. The van der Waals surface area contributed by atoms with Gasteiger partial charge in [0.05, 0.1) is 6.61 Å². The first-order valence-electron chi connectivity index (χ1n) is 19.5. The normalized spacial score (nSPS) is 17.9. The molecule has 3 aliphatic heterocycles. The summed E-state index contributed by atoms with van der Waals surface area (Å²) in [6.07, 6.45) is 4.63. The van der Waals surface area contributed by atoms with Crippen LogP contribution in [0.4, 0.5) is 5.69 Å². The van der Waals surface area contributed by atoms with Gasteiger partial charge in [-0.1, -0.05) is 73.7 Å². The fourth-order valence-corrected chi connectivity index (χ4v) is 8.01. The lowest BCUT2D eigenvalue weighted by Gasteiger charge is -2.36. The van der Waals surface area contributed by atoms with Gasteiger partial charge in [0.15, 0.2) is 0 Å².